The highest BCUT2D eigenvalue weighted by atomic mass is 79.9. The highest BCUT2D eigenvalue weighted by Gasteiger charge is 2.15. The minimum atomic E-state index is -0.334. The molecule has 0 radical (unpaired) electrons. The number of nitrogens with one attached hydrogen (secondary N) is 2. The van der Waals surface area contributed by atoms with Gasteiger partial charge in [0.15, 0.2) is 0 Å². The maximum absolute atomic E-state index is 12.5. The summed E-state index contributed by atoms with van der Waals surface area (Å²) in [7, 11) is 5.88. The van der Waals surface area contributed by atoms with Gasteiger partial charge in [0, 0.05) is 37.4 Å². The topological polar surface area (TPSA) is 142 Å². The number of carbonyl (C=O) groups is 2. The van der Waals surface area contributed by atoms with E-state index in [0.717, 1.165) is 11.1 Å². The molecule has 2 rings (SSSR count). The molecule has 2 amide bonds. The van der Waals surface area contributed by atoms with E-state index >= 15 is 0 Å². The molecule has 206 valence electrons. The maximum atomic E-state index is 12.5. The second-order valence-electron chi connectivity index (χ2n) is 7.52. The molecule has 0 unspecified atom stereocenters. The number of amides is 2. The van der Waals surface area contributed by atoms with Gasteiger partial charge >= 0.3 is 0 Å². The third-order valence-electron chi connectivity index (χ3n) is 4.72. The molecule has 0 spiro atoms. The van der Waals surface area contributed by atoms with Crippen LogP contribution in [-0.4, -0.2) is 72.3 Å². The lowest BCUT2D eigenvalue weighted by Gasteiger charge is -2.09. The Hall–Kier alpha value is -2.42. The summed E-state index contributed by atoms with van der Waals surface area (Å²) in [5.41, 5.74) is 2.03. The van der Waals surface area contributed by atoms with E-state index < -0.39 is 0 Å². The predicted molar refractivity (Wildman–Crippen MR) is 159 cm³/mol. The third kappa shape index (κ3) is 11.1. The van der Waals surface area contributed by atoms with E-state index in [1.807, 2.05) is 0 Å². The number of hydrogen-bond donors (Lipinski definition) is 4. The summed E-state index contributed by atoms with van der Waals surface area (Å²) >= 11 is 6.52. The molecule has 0 bridgehead atoms. The molecule has 0 aliphatic carbocycles. The summed E-state index contributed by atoms with van der Waals surface area (Å²) in [4.78, 5) is 34.6. The van der Waals surface area contributed by atoms with E-state index in [4.69, 9.17) is 9.68 Å². The van der Waals surface area contributed by atoms with Crippen molar-refractivity contribution in [3.05, 3.63) is 56.5 Å². The zero-order valence-corrected chi connectivity index (χ0v) is 25.5. The van der Waals surface area contributed by atoms with Crippen molar-refractivity contribution in [2.75, 3.05) is 38.8 Å². The first kappa shape index (κ1) is 31.8. The van der Waals surface area contributed by atoms with Crippen molar-refractivity contribution in [3.8, 4) is 11.5 Å². The van der Waals surface area contributed by atoms with Gasteiger partial charge in [0.2, 0.25) is 0 Å². The van der Waals surface area contributed by atoms with Gasteiger partial charge in [-0.2, -0.15) is 0 Å². The number of phenols is 2. The van der Waals surface area contributed by atoms with Crippen LogP contribution in [0, 0.1) is 0 Å². The van der Waals surface area contributed by atoms with Crippen molar-refractivity contribution in [3.63, 3.8) is 0 Å². The molecular weight excluding hydrogens is 664 g/mol. The van der Waals surface area contributed by atoms with Gasteiger partial charge in [-0.25, -0.2) is 0 Å². The SMILES string of the molecule is CO/N=C(\Cc1ccc(O)c(Br)c1)C(=O)NCCSSCCNC(=O)/C(Cc1ccc(O)c(Br)c1)=N/OC. The van der Waals surface area contributed by atoms with Crippen LogP contribution < -0.4 is 10.6 Å². The Morgan fingerprint density at radius 3 is 1.53 bits per heavy atom. The van der Waals surface area contributed by atoms with Crippen LogP contribution >= 0.6 is 53.4 Å². The van der Waals surface area contributed by atoms with Gasteiger partial charge < -0.3 is 30.5 Å². The molecule has 0 aromatic heterocycles. The summed E-state index contributed by atoms with van der Waals surface area (Å²) in [5.74, 6) is 0.870. The molecule has 0 fully saturated rings. The minimum Gasteiger partial charge on any atom is -0.507 e. The number of benzene rings is 2. The fourth-order valence-electron chi connectivity index (χ4n) is 2.97. The fraction of sp³-hybridized carbons (Fsp3) is 0.333. The molecule has 2 aromatic rings. The molecule has 0 heterocycles. The highest BCUT2D eigenvalue weighted by molar-refractivity contribution is 9.11. The van der Waals surface area contributed by atoms with Gasteiger partial charge in [-0.15, -0.1) is 0 Å². The molecular formula is C24H28Br2N4O6S2. The van der Waals surface area contributed by atoms with E-state index in [1.54, 1.807) is 45.9 Å². The van der Waals surface area contributed by atoms with E-state index in [1.165, 1.54) is 26.4 Å². The average Bonchev–Trinajstić information content (AvgIpc) is 2.89. The molecule has 0 aliphatic heterocycles. The Balaban J connectivity index is 1.67. The highest BCUT2D eigenvalue weighted by Crippen LogP contribution is 2.25. The number of nitrogens with zero attached hydrogens (tertiary/aromatic N) is 2. The van der Waals surface area contributed by atoms with Crippen molar-refractivity contribution in [1.29, 1.82) is 0 Å². The number of carbonyl (C=O) groups excluding carboxylic acids is 2. The lowest BCUT2D eigenvalue weighted by atomic mass is 10.1. The first-order valence-corrected chi connectivity index (χ1v) is 15.3. The molecule has 0 aliphatic rings. The Labute approximate surface area is 245 Å². The molecule has 0 atom stereocenters. The predicted octanol–water partition coefficient (Wildman–Crippen LogP) is 4.03. The molecule has 4 N–H and O–H groups in total. The van der Waals surface area contributed by atoms with Crippen LogP contribution in [-0.2, 0) is 32.1 Å². The summed E-state index contributed by atoms with van der Waals surface area (Å²) in [5, 5.41) is 32.6. The normalized spacial score (nSPS) is 11.7. The first-order valence-electron chi connectivity index (χ1n) is 11.2. The van der Waals surface area contributed by atoms with E-state index in [9.17, 15) is 19.8 Å². The zero-order chi connectivity index (χ0) is 27.9. The molecule has 14 heteroatoms. The quantitative estimate of drug-likeness (QED) is 0.0950. The van der Waals surface area contributed by atoms with E-state index in [0.29, 0.717) is 33.5 Å². The van der Waals surface area contributed by atoms with Crippen LogP contribution in [0.15, 0.2) is 55.7 Å². The van der Waals surface area contributed by atoms with Crippen molar-refractivity contribution < 1.29 is 29.5 Å². The van der Waals surface area contributed by atoms with Crippen LogP contribution in [0.3, 0.4) is 0 Å². The number of oxime groups is 2. The summed E-state index contributed by atoms with van der Waals surface area (Å²) in [6, 6.07) is 9.93. The van der Waals surface area contributed by atoms with Crippen molar-refractivity contribution in [1.82, 2.24) is 10.6 Å². The third-order valence-corrected chi connectivity index (χ3v) is 8.40. The average molecular weight is 692 g/mol. The van der Waals surface area contributed by atoms with Crippen LogP contribution in [0.4, 0.5) is 0 Å². The molecule has 0 saturated heterocycles. The second-order valence-corrected chi connectivity index (χ2v) is 11.9. The van der Waals surface area contributed by atoms with Gasteiger partial charge in [0.05, 0.1) is 8.95 Å². The van der Waals surface area contributed by atoms with Gasteiger partial charge in [0.25, 0.3) is 11.8 Å². The standard InChI is InChI=1S/C24H28Br2N4O6S2/c1-35-29-19(13-15-3-5-21(31)17(25)11-15)23(33)27-7-9-37-38-10-8-28-24(34)20(30-36-2)14-16-4-6-22(32)18(26)12-16/h3-6,11-12,31-32H,7-10,13-14H2,1-2H3,(H,27,33)(H,28,34)/b29-19+,30-20+. The van der Waals surface area contributed by atoms with E-state index in [-0.39, 0.29) is 47.6 Å². The Kier molecular flexibility index (Phi) is 14.4. The fourth-order valence-corrected chi connectivity index (χ4v) is 5.64. The van der Waals surface area contributed by atoms with Crippen molar-refractivity contribution >= 4 is 76.7 Å². The number of phenolic OH excluding ortho intramolecular Hbond substituents is 2. The second kappa shape index (κ2) is 17.2. The Morgan fingerprint density at radius 1 is 0.789 bits per heavy atom. The van der Waals surface area contributed by atoms with Gasteiger partial charge in [-0.3, -0.25) is 9.59 Å². The van der Waals surface area contributed by atoms with Crippen molar-refractivity contribution in [2.24, 2.45) is 10.3 Å². The first-order chi connectivity index (χ1) is 18.2. The smallest absolute Gasteiger partial charge is 0.269 e. The van der Waals surface area contributed by atoms with Crippen molar-refractivity contribution in [2.45, 2.75) is 12.8 Å². The van der Waals surface area contributed by atoms with E-state index in [2.05, 4.69) is 52.8 Å². The minimum absolute atomic E-state index is 0.114. The Morgan fingerprint density at radius 2 is 1.18 bits per heavy atom. The monoisotopic (exact) mass is 690 g/mol. The van der Waals surface area contributed by atoms with Gasteiger partial charge in [-0.1, -0.05) is 44.0 Å². The zero-order valence-electron chi connectivity index (χ0n) is 20.7. The molecule has 2 aromatic carbocycles. The summed E-state index contributed by atoms with van der Waals surface area (Å²) < 4.78 is 1.06. The summed E-state index contributed by atoms with van der Waals surface area (Å²) in [6.45, 7) is 0.857. The van der Waals surface area contributed by atoms with Gasteiger partial charge in [-0.05, 0) is 67.3 Å². The largest absolute Gasteiger partial charge is 0.507 e. The molecule has 10 nitrogen and oxygen atoms in total. The van der Waals surface area contributed by atoms with Gasteiger partial charge in [0.1, 0.15) is 37.1 Å². The van der Waals surface area contributed by atoms with Crippen LogP contribution in [0.2, 0.25) is 0 Å². The van der Waals surface area contributed by atoms with Crippen LogP contribution in [0.5, 0.6) is 11.5 Å². The Bertz CT molecular complexity index is 1080. The maximum Gasteiger partial charge on any atom is 0.269 e. The summed E-state index contributed by atoms with van der Waals surface area (Å²) in [6.07, 6.45) is 0.497. The number of hydrogen-bond acceptors (Lipinski definition) is 10. The number of halogens is 2. The lowest BCUT2D eigenvalue weighted by Crippen LogP contribution is -2.34. The van der Waals surface area contributed by atoms with Crippen LogP contribution in [0.1, 0.15) is 11.1 Å². The number of aromatic hydroxyl groups is 2. The van der Waals surface area contributed by atoms with Crippen LogP contribution in [0.25, 0.3) is 0 Å². The number of rotatable bonds is 15. The lowest BCUT2D eigenvalue weighted by molar-refractivity contribution is -0.115. The molecule has 0 saturated carbocycles. The molecule has 38 heavy (non-hydrogen) atoms.